The maximum Gasteiger partial charge on any atom is 0.175 e. The van der Waals surface area contributed by atoms with Gasteiger partial charge in [-0.3, -0.25) is 4.90 Å². The fourth-order valence-corrected chi connectivity index (χ4v) is 2.39. The molecule has 102 valence electrons. The van der Waals surface area contributed by atoms with Crippen molar-refractivity contribution in [3.8, 4) is 0 Å². The first kappa shape index (κ1) is 15.1. The van der Waals surface area contributed by atoms with E-state index in [0.29, 0.717) is 4.90 Å². The number of hydrogen-bond acceptors (Lipinski definition) is 4. The van der Waals surface area contributed by atoms with E-state index < -0.39 is 9.84 Å². The van der Waals surface area contributed by atoms with Gasteiger partial charge in [0.25, 0.3) is 0 Å². The van der Waals surface area contributed by atoms with Crippen molar-refractivity contribution in [2.75, 3.05) is 26.5 Å². The topological polar surface area (TPSA) is 57.6 Å². The third-order valence-corrected chi connectivity index (χ3v) is 4.25. The van der Waals surface area contributed by atoms with Gasteiger partial charge in [0.1, 0.15) is 0 Å². The summed E-state index contributed by atoms with van der Waals surface area (Å²) in [6, 6.07) is 7.17. The minimum Gasteiger partial charge on any atom is -0.396 e. The molecule has 1 N–H and O–H groups in total. The Morgan fingerprint density at radius 2 is 1.83 bits per heavy atom. The Kier molecular flexibility index (Phi) is 5.31. The van der Waals surface area contributed by atoms with Crippen molar-refractivity contribution in [1.82, 2.24) is 4.90 Å². The van der Waals surface area contributed by atoms with Gasteiger partial charge in [-0.05, 0) is 38.1 Å². The van der Waals surface area contributed by atoms with Crippen molar-refractivity contribution in [3.63, 3.8) is 0 Å². The molecule has 18 heavy (non-hydrogen) atoms. The summed E-state index contributed by atoms with van der Waals surface area (Å²) >= 11 is 0. The lowest BCUT2D eigenvalue weighted by Crippen LogP contribution is -2.24. The molecule has 0 aromatic heterocycles. The summed E-state index contributed by atoms with van der Waals surface area (Å²) in [5, 5.41) is 8.80. The molecule has 0 amide bonds. The molecule has 1 aromatic rings. The quantitative estimate of drug-likeness (QED) is 0.851. The summed E-state index contributed by atoms with van der Waals surface area (Å²) in [6.07, 6.45) is 1.95. The first-order valence-electron chi connectivity index (χ1n) is 5.97. The second-order valence-electron chi connectivity index (χ2n) is 4.57. The first-order valence-corrected chi connectivity index (χ1v) is 7.86. The molecule has 0 aliphatic heterocycles. The Morgan fingerprint density at radius 3 is 2.28 bits per heavy atom. The fraction of sp³-hybridized carbons (Fsp3) is 0.538. The van der Waals surface area contributed by atoms with Gasteiger partial charge < -0.3 is 5.11 Å². The van der Waals surface area contributed by atoms with E-state index in [1.807, 2.05) is 19.2 Å². The molecular formula is C13H21NO3S. The number of sulfone groups is 1. The standard InChI is InChI=1S/C13H21NO3S/c1-11(14(2)9-4-10-15)12-5-7-13(8-6-12)18(3,16)17/h5-8,11,15H,4,9-10H2,1-3H3. The maximum absolute atomic E-state index is 11.4. The van der Waals surface area contributed by atoms with Crippen LogP contribution in [0, 0.1) is 0 Å². The lowest BCUT2D eigenvalue weighted by Gasteiger charge is -2.24. The average Bonchev–Trinajstić information content (AvgIpc) is 2.34. The van der Waals surface area contributed by atoms with Crippen molar-refractivity contribution >= 4 is 9.84 Å². The molecule has 1 rings (SSSR count). The number of hydrogen-bond donors (Lipinski definition) is 1. The number of nitrogens with zero attached hydrogens (tertiary/aromatic N) is 1. The summed E-state index contributed by atoms with van der Waals surface area (Å²) in [6.45, 7) is 3.06. The Bertz CT molecular complexity index is 468. The van der Waals surface area contributed by atoms with Crippen LogP contribution in [0.2, 0.25) is 0 Å². The Labute approximate surface area is 109 Å². The molecule has 0 spiro atoms. The van der Waals surface area contributed by atoms with E-state index in [1.54, 1.807) is 12.1 Å². The molecule has 0 saturated heterocycles. The van der Waals surface area contributed by atoms with Gasteiger partial charge in [0, 0.05) is 25.4 Å². The van der Waals surface area contributed by atoms with Crippen LogP contribution in [-0.4, -0.2) is 44.9 Å². The summed E-state index contributed by atoms with van der Waals surface area (Å²) < 4.78 is 22.7. The highest BCUT2D eigenvalue weighted by Crippen LogP contribution is 2.20. The van der Waals surface area contributed by atoms with E-state index >= 15 is 0 Å². The second kappa shape index (κ2) is 6.31. The highest BCUT2D eigenvalue weighted by Gasteiger charge is 2.12. The number of rotatable bonds is 6. The van der Waals surface area contributed by atoms with Crippen molar-refractivity contribution < 1.29 is 13.5 Å². The van der Waals surface area contributed by atoms with Crippen LogP contribution in [-0.2, 0) is 9.84 Å². The van der Waals surface area contributed by atoms with Gasteiger partial charge in [-0.2, -0.15) is 0 Å². The van der Waals surface area contributed by atoms with E-state index in [-0.39, 0.29) is 12.6 Å². The highest BCUT2D eigenvalue weighted by atomic mass is 32.2. The van der Waals surface area contributed by atoms with Gasteiger partial charge in [0.15, 0.2) is 9.84 Å². The number of aliphatic hydroxyl groups is 1. The van der Waals surface area contributed by atoms with Crippen LogP contribution in [0.3, 0.4) is 0 Å². The van der Waals surface area contributed by atoms with Gasteiger partial charge in [-0.15, -0.1) is 0 Å². The van der Waals surface area contributed by atoms with E-state index in [4.69, 9.17) is 5.11 Å². The maximum atomic E-state index is 11.4. The van der Waals surface area contributed by atoms with Gasteiger partial charge in [-0.25, -0.2) is 8.42 Å². The fourth-order valence-electron chi connectivity index (χ4n) is 1.76. The van der Waals surface area contributed by atoms with Gasteiger partial charge in [0.2, 0.25) is 0 Å². The number of benzene rings is 1. The van der Waals surface area contributed by atoms with Crippen LogP contribution >= 0.6 is 0 Å². The number of aliphatic hydroxyl groups excluding tert-OH is 1. The second-order valence-corrected chi connectivity index (χ2v) is 6.59. The van der Waals surface area contributed by atoms with Crippen molar-refractivity contribution in [3.05, 3.63) is 29.8 Å². The van der Waals surface area contributed by atoms with E-state index in [2.05, 4.69) is 11.8 Å². The van der Waals surface area contributed by atoms with Crippen LogP contribution in [0.4, 0.5) is 0 Å². The molecule has 0 bridgehead atoms. The lowest BCUT2D eigenvalue weighted by molar-refractivity contribution is 0.216. The normalized spacial score (nSPS) is 13.8. The molecular weight excluding hydrogens is 250 g/mol. The van der Waals surface area contributed by atoms with Crippen molar-refractivity contribution in [2.24, 2.45) is 0 Å². The molecule has 5 heteroatoms. The lowest BCUT2D eigenvalue weighted by atomic mass is 10.1. The predicted molar refractivity (Wildman–Crippen MR) is 72.3 cm³/mol. The van der Waals surface area contributed by atoms with E-state index in [0.717, 1.165) is 18.5 Å². The molecule has 0 saturated carbocycles. The largest absolute Gasteiger partial charge is 0.396 e. The smallest absolute Gasteiger partial charge is 0.175 e. The first-order chi connectivity index (χ1) is 8.36. The molecule has 0 aliphatic carbocycles. The van der Waals surface area contributed by atoms with Crippen LogP contribution in [0.5, 0.6) is 0 Å². The summed E-state index contributed by atoms with van der Waals surface area (Å²) in [4.78, 5) is 2.47. The van der Waals surface area contributed by atoms with Crippen molar-refractivity contribution in [1.29, 1.82) is 0 Å². The third kappa shape index (κ3) is 4.08. The minimum atomic E-state index is -3.13. The van der Waals surface area contributed by atoms with Gasteiger partial charge in [0.05, 0.1) is 4.90 Å². The monoisotopic (exact) mass is 271 g/mol. The molecule has 0 radical (unpaired) electrons. The summed E-state index contributed by atoms with van der Waals surface area (Å²) in [7, 11) is -1.14. The minimum absolute atomic E-state index is 0.185. The van der Waals surface area contributed by atoms with Crippen LogP contribution in [0.25, 0.3) is 0 Å². The molecule has 0 fully saturated rings. The molecule has 1 atom stereocenters. The van der Waals surface area contributed by atoms with E-state index in [9.17, 15) is 8.42 Å². The average molecular weight is 271 g/mol. The van der Waals surface area contributed by atoms with Gasteiger partial charge >= 0.3 is 0 Å². The molecule has 0 aliphatic rings. The SMILES string of the molecule is CC(c1ccc(S(C)(=O)=O)cc1)N(C)CCCO. The highest BCUT2D eigenvalue weighted by molar-refractivity contribution is 7.90. The zero-order valence-corrected chi connectivity index (χ0v) is 11.9. The molecule has 1 aromatic carbocycles. The zero-order chi connectivity index (χ0) is 13.8. The molecule has 0 heterocycles. The van der Waals surface area contributed by atoms with Crippen LogP contribution in [0.15, 0.2) is 29.2 Å². The summed E-state index contributed by atoms with van der Waals surface area (Å²) in [5.41, 5.74) is 1.07. The zero-order valence-electron chi connectivity index (χ0n) is 11.1. The van der Waals surface area contributed by atoms with Crippen LogP contribution in [0.1, 0.15) is 24.9 Å². The predicted octanol–water partition coefficient (Wildman–Crippen LogP) is 1.47. The third-order valence-electron chi connectivity index (χ3n) is 3.12. The Morgan fingerprint density at radius 1 is 1.28 bits per heavy atom. The Hall–Kier alpha value is -0.910. The van der Waals surface area contributed by atoms with Gasteiger partial charge in [-0.1, -0.05) is 12.1 Å². The summed E-state index contributed by atoms with van der Waals surface area (Å²) in [5.74, 6) is 0. The van der Waals surface area contributed by atoms with Crippen LogP contribution < -0.4 is 0 Å². The molecule has 4 nitrogen and oxygen atoms in total. The van der Waals surface area contributed by atoms with E-state index in [1.165, 1.54) is 6.26 Å². The Balaban J connectivity index is 2.79. The molecule has 1 unspecified atom stereocenters. The van der Waals surface area contributed by atoms with Crippen molar-refractivity contribution in [2.45, 2.75) is 24.3 Å².